The summed E-state index contributed by atoms with van der Waals surface area (Å²) in [7, 11) is 0. The number of amides is 1. The van der Waals surface area contributed by atoms with Gasteiger partial charge in [-0.3, -0.25) is 10.1 Å². The molecule has 68 valence electrons. The van der Waals surface area contributed by atoms with E-state index in [9.17, 15) is 4.79 Å². The van der Waals surface area contributed by atoms with Crippen molar-refractivity contribution in [1.29, 1.82) is 0 Å². The number of likely N-dealkylation sites (tertiary alicyclic amines) is 1. The average Bonchev–Trinajstić information content (AvgIpc) is 2.46. The van der Waals surface area contributed by atoms with Gasteiger partial charge in [0.25, 0.3) is 0 Å². The van der Waals surface area contributed by atoms with Crippen molar-refractivity contribution in [2.45, 2.75) is 19.3 Å². The normalized spacial score (nSPS) is 17.0. The van der Waals surface area contributed by atoms with Crippen molar-refractivity contribution in [3.8, 4) is 0 Å². The van der Waals surface area contributed by atoms with Crippen LogP contribution in [-0.2, 0) is 4.79 Å². The minimum atomic E-state index is 0.279. The summed E-state index contributed by atoms with van der Waals surface area (Å²) in [6.07, 6.45) is 4.58. The van der Waals surface area contributed by atoms with E-state index in [1.165, 1.54) is 0 Å². The maximum Gasteiger partial charge on any atom is 0.223 e. The summed E-state index contributed by atoms with van der Waals surface area (Å²) < 4.78 is 0. The highest BCUT2D eigenvalue weighted by molar-refractivity contribution is 5.77. The summed E-state index contributed by atoms with van der Waals surface area (Å²) in [6.45, 7) is 6.15. The smallest absolute Gasteiger partial charge is 0.223 e. The first-order valence-corrected chi connectivity index (χ1v) is 4.44. The quantitative estimate of drug-likeness (QED) is 0.485. The SMILES string of the molecule is C=CCCNCN1CCCC1=O. The van der Waals surface area contributed by atoms with Crippen molar-refractivity contribution in [2.24, 2.45) is 0 Å². The van der Waals surface area contributed by atoms with Crippen molar-refractivity contribution < 1.29 is 4.79 Å². The van der Waals surface area contributed by atoms with Gasteiger partial charge in [-0.2, -0.15) is 0 Å². The molecule has 1 aliphatic heterocycles. The molecule has 1 amide bonds. The molecular formula is C9H16N2O. The van der Waals surface area contributed by atoms with Gasteiger partial charge in [0.05, 0.1) is 6.67 Å². The predicted molar refractivity (Wildman–Crippen MR) is 48.6 cm³/mol. The van der Waals surface area contributed by atoms with E-state index in [1.54, 1.807) is 0 Å². The van der Waals surface area contributed by atoms with E-state index in [0.717, 1.165) is 32.4 Å². The van der Waals surface area contributed by atoms with Crippen LogP contribution in [0.1, 0.15) is 19.3 Å². The molecule has 0 saturated carbocycles. The molecule has 1 heterocycles. The molecule has 1 aliphatic rings. The predicted octanol–water partition coefficient (Wildman–Crippen LogP) is 0.732. The molecule has 0 aromatic rings. The molecule has 1 saturated heterocycles. The van der Waals surface area contributed by atoms with Crippen LogP contribution < -0.4 is 5.32 Å². The highest BCUT2D eigenvalue weighted by atomic mass is 16.2. The van der Waals surface area contributed by atoms with Gasteiger partial charge in [-0.15, -0.1) is 6.58 Å². The topological polar surface area (TPSA) is 32.3 Å². The maximum absolute atomic E-state index is 11.1. The van der Waals surface area contributed by atoms with Gasteiger partial charge in [0, 0.05) is 19.5 Å². The van der Waals surface area contributed by atoms with Gasteiger partial charge < -0.3 is 4.90 Å². The number of carbonyl (C=O) groups is 1. The summed E-state index contributed by atoms with van der Waals surface area (Å²) in [4.78, 5) is 13.0. The molecule has 1 N–H and O–H groups in total. The van der Waals surface area contributed by atoms with Crippen LogP contribution >= 0.6 is 0 Å². The number of nitrogens with zero attached hydrogens (tertiary/aromatic N) is 1. The largest absolute Gasteiger partial charge is 0.330 e. The van der Waals surface area contributed by atoms with Gasteiger partial charge in [-0.05, 0) is 12.8 Å². The highest BCUT2D eigenvalue weighted by Gasteiger charge is 2.18. The molecule has 1 rings (SSSR count). The Morgan fingerprint density at radius 1 is 1.67 bits per heavy atom. The maximum atomic E-state index is 11.1. The van der Waals surface area contributed by atoms with Gasteiger partial charge in [-0.25, -0.2) is 0 Å². The van der Waals surface area contributed by atoms with Gasteiger partial charge in [0.2, 0.25) is 5.91 Å². The Morgan fingerprint density at radius 2 is 2.50 bits per heavy atom. The summed E-state index contributed by atoms with van der Waals surface area (Å²) in [5.74, 6) is 0.279. The third-order valence-corrected chi connectivity index (χ3v) is 2.00. The Labute approximate surface area is 73.4 Å². The fraction of sp³-hybridized carbons (Fsp3) is 0.667. The van der Waals surface area contributed by atoms with E-state index >= 15 is 0 Å². The first-order valence-electron chi connectivity index (χ1n) is 4.44. The molecule has 0 atom stereocenters. The fourth-order valence-corrected chi connectivity index (χ4v) is 1.29. The lowest BCUT2D eigenvalue weighted by Gasteiger charge is -2.15. The van der Waals surface area contributed by atoms with Gasteiger partial charge in [0.15, 0.2) is 0 Å². The van der Waals surface area contributed by atoms with Crippen molar-refractivity contribution in [3.63, 3.8) is 0 Å². The highest BCUT2D eigenvalue weighted by Crippen LogP contribution is 2.07. The number of nitrogens with one attached hydrogen (secondary N) is 1. The molecule has 0 bridgehead atoms. The van der Waals surface area contributed by atoms with E-state index in [4.69, 9.17) is 0 Å². The Kier molecular flexibility index (Phi) is 3.80. The van der Waals surface area contributed by atoms with E-state index in [-0.39, 0.29) is 5.91 Å². The molecule has 3 heteroatoms. The zero-order valence-electron chi connectivity index (χ0n) is 7.38. The Hall–Kier alpha value is -0.830. The number of rotatable bonds is 5. The molecule has 3 nitrogen and oxygen atoms in total. The number of hydrogen-bond acceptors (Lipinski definition) is 2. The van der Waals surface area contributed by atoms with Crippen LogP contribution in [0.5, 0.6) is 0 Å². The van der Waals surface area contributed by atoms with Crippen LogP contribution in [0.25, 0.3) is 0 Å². The zero-order chi connectivity index (χ0) is 8.81. The zero-order valence-corrected chi connectivity index (χ0v) is 7.38. The van der Waals surface area contributed by atoms with Crippen LogP contribution in [0.15, 0.2) is 12.7 Å². The second-order valence-corrected chi connectivity index (χ2v) is 3.00. The van der Waals surface area contributed by atoms with Crippen LogP contribution in [0.2, 0.25) is 0 Å². The third kappa shape index (κ3) is 2.66. The van der Waals surface area contributed by atoms with E-state index in [1.807, 2.05) is 11.0 Å². The first kappa shape index (κ1) is 9.26. The van der Waals surface area contributed by atoms with E-state index in [2.05, 4.69) is 11.9 Å². The molecule has 1 fully saturated rings. The van der Waals surface area contributed by atoms with Crippen molar-refractivity contribution >= 4 is 5.91 Å². The molecule has 0 aliphatic carbocycles. The minimum Gasteiger partial charge on any atom is -0.330 e. The molecule has 12 heavy (non-hydrogen) atoms. The fourth-order valence-electron chi connectivity index (χ4n) is 1.29. The Morgan fingerprint density at radius 3 is 3.08 bits per heavy atom. The van der Waals surface area contributed by atoms with Crippen LogP contribution in [0, 0.1) is 0 Å². The molecule has 0 spiro atoms. The van der Waals surface area contributed by atoms with Crippen molar-refractivity contribution in [3.05, 3.63) is 12.7 Å². The molecule has 0 aromatic heterocycles. The molecule has 0 radical (unpaired) electrons. The van der Waals surface area contributed by atoms with Gasteiger partial charge in [-0.1, -0.05) is 6.08 Å². The van der Waals surface area contributed by atoms with Crippen LogP contribution in [0.4, 0.5) is 0 Å². The van der Waals surface area contributed by atoms with Gasteiger partial charge in [0.1, 0.15) is 0 Å². The van der Waals surface area contributed by atoms with Crippen LogP contribution in [0.3, 0.4) is 0 Å². The van der Waals surface area contributed by atoms with Gasteiger partial charge >= 0.3 is 0 Å². The molecule has 0 aromatic carbocycles. The average molecular weight is 168 g/mol. The van der Waals surface area contributed by atoms with E-state index in [0.29, 0.717) is 6.67 Å². The van der Waals surface area contributed by atoms with Crippen molar-refractivity contribution in [2.75, 3.05) is 19.8 Å². The summed E-state index contributed by atoms with van der Waals surface area (Å²) in [5, 5.41) is 3.19. The second-order valence-electron chi connectivity index (χ2n) is 3.00. The summed E-state index contributed by atoms with van der Waals surface area (Å²) >= 11 is 0. The van der Waals surface area contributed by atoms with E-state index < -0.39 is 0 Å². The first-order chi connectivity index (χ1) is 5.84. The lowest BCUT2D eigenvalue weighted by atomic mass is 10.4. The lowest BCUT2D eigenvalue weighted by Crippen LogP contribution is -2.35. The monoisotopic (exact) mass is 168 g/mol. The number of carbonyl (C=O) groups excluding carboxylic acids is 1. The lowest BCUT2D eigenvalue weighted by molar-refractivity contribution is -0.127. The molecule has 0 unspecified atom stereocenters. The number of hydrogen-bond donors (Lipinski definition) is 1. The second kappa shape index (κ2) is 4.93. The summed E-state index contributed by atoms with van der Waals surface area (Å²) in [6, 6.07) is 0. The molecular weight excluding hydrogens is 152 g/mol. The minimum absolute atomic E-state index is 0.279. The van der Waals surface area contributed by atoms with Crippen molar-refractivity contribution in [1.82, 2.24) is 10.2 Å². The standard InChI is InChI=1S/C9H16N2O/c1-2-3-6-10-8-11-7-4-5-9(11)12/h2,10H,1,3-8H2. The van der Waals surface area contributed by atoms with Crippen LogP contribution in [-0.4, -0.2) is 30.6 Å². The Bertz CT molecular complexity index is 168. The summed E-state index contributed by atoms with van der Waals surface area (Å²) in [5.41, 5.74) is 0. The third-order valence-electron chi connectivity index (χ3n) is 2.00. The Balaban J connectivity index is 2.06.